The maximum absolute atomic E-state index is 9.91. The fourth-order valence-electron chi connectivity index (χ4n) is 0.464. The molecule has 0 aliphatic carbocycles. The Morgan fingerprint density at radius 3 is 2.50 bits per heavy atom. The van der Waals surface area contributed by atoms with Crippen molar-refractivity contribution in [2.24, 2.45) is 11.5 Å². The highest BCUT2D eigenvalue weighted by Gasteiger charge is 2.16. The lowest BCUT2D eigenvalue weighted by Crippen LogP contribution is -2.64. The highest BCUT2D eigenvalue weighted by Crippen LogP contribution is 1.83. The molecule has 0 heterocycles. The lowest BCUT2D eigenvalue weighted by molar-refractivity contribution is -0.114. The van der Waals surface area contributed by atoms with Gasteiger partial charge >= 0.3 is 0 Å². The summed E-state index contributed by atoms with van der Waals surface area (Å²) in [6.45, 7) is -0.0905. The highest BCUT2D eigenvalue weighted by molar-refractivity contribution is 5.47. The molecule has 0 fully saturated rings. The van der Waals surface area contributed by atoms with Crippen LogP contribution in [0.4, 0.5) is 0 Å². The van der Waals surface area contributed by atoms with Gasteiger partial charge in [0.1, 0.15) is 6.73 Å². The molecule has 0 aromatic carbocycles. The SMILES string of the molecule is NC(N)(COCNC=O)NC=O. The van der Waals surface area contributed by atoms with E-state index in [1.165, 1.54) is 0 Å². The van der Waals surface area contributed by atoms with E-state index in [0.29, 0.717) is 12.8 Å². The number of carbonyl (C=O) groups excluding carboxylic acids is 2. The average molecular weight is 176 g/mol. The van der Waals surface area contributed by atoms with Crippen LogP contribution < -0.4 is 22.1 Å². The van der Waals surface area contributed by atoms with Gasteiger partial charge < -0.3 is 15.4 Å². The van der Waals surface area contributed by atoms with Gasteiger partial charge in [0.15, 0.2) is 5.79 Å². The standard InChI is InChI=1S/C5H12N4O3/c6-5(7,9-3-11)1-12-4-8-2-10/h2-3H,1,4,6-7H2,(H,8,10)(H,9,11). The van der Waals surface area contributed by atoms with Crippen LogP contribution in [0.2, 0.25) is 0 Å². The van der Waals surface area contributed by atoms with Crippen LogP contribution in [0.1, 0.15) is 0 Å². The van der Waals surface area contributed by atoms with Crippen molar-refractivity contribution in [3.63, 3.8) is 0 Å². The molecule has 0 spiro atoms. The van der Waals surface area contributed by atoms with Crippen molar-refractivity contribution in [1.82, 2.24) is 10.6 Å². The molecule has 12 heavy (non-hydrogen) atoms. The molecule has 7 heteroatoms. The van der Waals surface area contributed by atoms with Crippen molar-refractivity contribution in [1.29, 1.82) is 0 Å². The Morgan fingerprint density at radius 2 is 2.00 bits per heavy atom. The van der Waals surface area contributed by atoms with Crippen LogP contribution >= 0.6 is 0 Å². The fraction of sp³-hybridized carbons (Fsp3) is 0.600. The molecule has 0 rings (SSSR count). The molecule has 0 saturated carbocycles. The van der Waals surface area contributed by atoms with E-state index >= 15 is 0 Å². The number of nitrogens with one attached hydrogen (secondary N) is 2. The van der Waals surface area contributed by atoms with Gasteiger partial charge in [-0.25, -0.2) is 0 Å². The van der Waals surface area contributed by atoms with Gasteiger partial charge in [-0.1, -0.05) is 0 Å². The zero-order valence-corrected chi connectivity index (χ0v) is 6.45. The molecule has 6 N–H and O–H groups in total. The summed E-state index contributed by atoms with van der Waals surface area (Å²) in [5.41, 5.74) is 10.6. The molecule has 0 bridgehead atoms. The van der Waals surface area contributed by atoms with E-state index in [0.717, 1.165) is 0 Å². The second-order valence-corrected chi connectivity index (χ2v) is 2.12. The van der Waals surface area contributed by atoms with Gasteiger partial charge in [-0.15, -0.1) is 0 Å². The molecule has 0 atom stereocenters. The number of hydrogen-bond acceptors (Lipinski definition) is 5. The first kappa shape index (κ1) is 10.8. The highest BCUT2D eigenvalue weighted by atomic mass is 16.5. The topological polar surface area (TPSA) is 119 Å². The zero-order valence-electron chi connectivity index (χ0n) is 6.45. The molecular weight excluding hydrogens is 164 g/mol. The van der Waals surface area contributed by atoms with Crippen LogP contribution in [0.3, 0.4) is 0 Å². The predicted octanol–water partition coefficient (Wildman–Crippen LogP) is -2.98. The molecule has 0 aliphatic heterocycles. The molecule has 0 aromatic heterocycles. The maximum Gasteiger partial charge on any atom is 0.209 e. The van der Waals surface area contributed by atoms with Crippen molar-refractivity contribution < 1.29 is 14.3 Å². The summed E-state index contributed by atoms with van der Waals surface area (Å²) in [4.78, 5) is 19.6. The van der Waals surface area contributed by atoms with E-state index in [9.17, 15) is 9.59 Å². The fourth-order valence-corrected chi connectivity index (χ4v) is 0.464. The molecule has 2 amide bonds. The number of carbonyl (C=O) groups is 2. The zero-order chi connectivity index (χ0) is 9.45. The summed E-state index contributed by atoms with van der Waals surface area (Å²) in [6.07, 6.45) is 0.846. The number of rotatable bonds is 7. The number of hydrogen-bond donors (Lipinski definition) is 4. The Bertz CT molecular complexity index is 150. The summed E-state index contributed by atoms with van der Waals surface area (Å²) in [7, 11) is 0. The molecule has 70 valence electrons. The van der Waals surface area contributed by atoms with E-state index < -0.39 is 5.79 Å². The maximum atomic E-state index is 9.91. The third kappa shape index (κ3) is 5.59. The minimum Gasteiger partial charge on any atom is -0.356 e. The van der Waals surface area contributed by atoms with Crippen LogP contribution in [0.5, 0.6) is 0 Å². The molecule has 7 nitrogen and oxygen atoms in total. The summed E-state index contributed by atoms with van der Waals surface area (Å²) < 4.78 is 4.78. The minimum atomic E-state index is -1.40. The Hall–Kier alpha value is -1.18. The van der Waals surface area contributed by atoms with E-state index in [2.05, 4.69) is 10.6 Å². The third-order valence-corrected chi connectivity index (χ3v) is 0.937. The summed E-state index contributed by atoms with van der Waals surface area (Å²) >= 11 is 0. The van der Waals surface area contributed by atoms with Crippen molar-refractivity contribution >= 4 is 12.8 Å². The van der Waals surface area contributed by atoms with Gasteiger partial charge in [-0.2, -0.15) is 0 Å². The first-order valence-corrected chi connectivity index (χ1v) is 3.16. The van der Waals surface area contributed by atoms with Crippen molar-refractivity contribution in [3.8, 4) is 0 Å². The first-order chi connectivity index (χ1) is 5.62. The summed E-state index contributed by atoms with van der Waals surface area (Å²) in [5, 5.41) is 4.37. The van der Waals surface area contributed by atoms with Crippen LogP contribution in [0.25, 0.3) is 0 Å². The van der Waals surface area contributed by atoms with Crippen molar-refractivity contribution in [2.75, 3.05) is 13.3 Å². The predicted molar refractivity (Wildman–Crippen MR) is 40.3 cm³/mol. The average Bonchev–Trinajstić information content (AvgIpc) is 1.98. The Kier molecular flexibility index (Phi) is 4.93. The van der Waals surface area contributed by atoms with Gasteiger partial charge in [-0.05, 0) is 0 Å². The van der Waals surface area contributed by atoms with Crippen LogP contribution in [0, 0.1) is 0 Å². The quantitative estimate of drug-likeness (QED) is 0.187. The van der Waals surface area contributed by atoms with Gasteiger partial charge in [0, 0.05) is 0 Å². The summed E-state index contributed by atoms with van der Waals surface area (Å²) in [6, 6.07) is 0. The second-order valence-electron chi connectivity index (χ2n) is 2.12. The van der Waals surface area contributed by atoms with Crippen molar-refractivity contribution in [3.05, 3.63) is 0 Å². The smallest absolute Gasteiger partial charge is 0.209 e. The van der Waals surface area contributed by atoms with Gasteiger partial charge in [-0.3, -0.25) is 21.1 Å². The molecule has 0 saturated heterocycles. The third-order valence-electron chi connectivity index (χ3n) is 0.937. The lowest BCUT2D eigenvalue weighted by atomic mass is 10.4. The molecular formula is C5H12N4O3. The lowest BCUT2D eigenvalue weighted by Gasteiger charge is -2.22. The Labute approximate surface area is 69.4 Å². The minimum absolute atomic E-state index is 0.000186. The molecule has 0 aliphatic rings. The van der Waals surface area contributed by atoms with Crippen molar-refractivity contribution in [2.45, 2.75) is 5.79 Å². The van der Waals surface area contributed by atoms with Gasteiger partial charge in [0.05, 0.1) is 6.61 Å². The van der Waals surface area contributed by atoms with E-state index in [4.69, 9.17) is 16.2 Å². The van der Waals surface area contributed by atoms with Gasteiger partial charge in [0.25, 0.3) is 0 Å². The molecule has 0 radical (unpaired) electrons. The monoisotopic (exact) mass is 176 g/mol. The number of amides is 2. The van der Waals surface area contributed by atoms with E-state index in [-0.39, 0.29) is 13.3 Å². The summed E-state index contributed by atoms with van der Waals surface area (Å²) in [5.74, 6) is -1.40. The first-order valence-electron chi connectivity index (χ1n) is 3.16. The van der Waals surface area contributed by atoms with E-state index in [1.54, 1.807) is 0 Å². The van der Waals surface area contributed by atoms with Gasteiger partial charge in [0.2, 0.25) is 12.8 Å². The van der Waals surface area contributed by atoms with E-state index in [1.807, 2.05) is 0 Å². The number of nitrogens with two attached hydrogens (primary N) is 2. The largest absolute Gasteiger partial charge is 0.356 e. The van der Waals surface area contributed by atoms with Crippen LogP contribution in [0.15, 0.2) is 0 Å². The second kappa shape index (κ2) is 5.47. The number of ether oxygens (including phenoxy) is 1. The Morgan fingerprint density at radius 1 is 1.33 bits per heavy atom. The van der Waals surface area contributed by atoms with Crippen LogP contribution in [-0.4, -0.2) is 31.9 Å². The molecule has 0 aromatic rings. The Balaban J connectivity index is 3.45. The molecule has 0 unspecified atom stereocenters. The van der Waals surface area contributed by atoms with Crippen LogP contribution in [-0.2, 0) is 14.3 Å². The normalized spacial score (nSPS) is 10.5.